The van der Waals surface area contributed by atoms with Gasteiger partial charge in [-0.15, -0.1) is 0 Å². The molecule has 0 saturated heterocycles. The SMILES string of the molecule is N#CC(=C(O)c1ccccc1C(F)(F)F)c1ccc(Cl)cc1Cl. The van der Waals surface area contributed by atoms with Gasteiger partial charge in [0, 0.05) is 16.1 Å². The van der Waals surface area contributed by atoms with Crippen LogP contribution in [0.3, 0.4) is 0 Å². The number of nitriles is 1. The fraction of sp³-hybridized carbons (Fsp3) is 0.0625. The Balaban J connectivity index is 2.71. The first-order valence-electron chi connectivity index (χ1n) is 6.21. The molecule has 23 heavy (non-hydrogen) atoms. The van der Waals surface area contributed by atoms with Gasteiger partial charge in [0.15, 0.2) is 0 Å². The molecule has 118 valence electrons. The third kappa shape index (κ3) is 3.61. The summed E-state index contributed by atoms with van der Waals surface area (Å²) in [4.78, 5) is 0. The molecule has 0 fully saturated rings. The molecule has 0 aromatic heterocycles. The molecule has 1 N–H and O–H groups in total. The van der Waals surface area contributed by atoms with Crippen molar-refractivity contribution in [2.75, 3.05) is 0 Å². The van der Waals surface area contributed by atoms with Gasteiger partial charge in [0.1, 0.15) is 17.4 Å². The van der Waals surface area contributed by atoms with Gasteiger partial charge >= 0.3 is 6.18 Å². The van der Waals surface area contributed by atoms with Crippen molar-refractivity contribution >= 4 is 34.5 Å². The summed E-state index contributed by atoms with van der Waals surface area (Å²) >= 11 is 11.7. The molecule has 0 radical (unpaired) electrons. The molecule has 0 aliphatic rings. The summed E-state index contributed by atoms with van der Waals surface area (Å²) in [6.07, 6.45) is -4.67. The highest BCUT2D eigenvalue weighted by Crippen LogP contribution is 2.37. The van der Waals surface area contributed by atoms with E-state index in [0.29, 0.717) is 5.02 Å². The van der Waals surface area contributed by atoms with Crippen LogP contribution in [0.4, 0.5) is 13.2 Å². The van der Waals surface area contributed by atoms with Crippen LogP contribution in [0, 0.1) is 11.3 Å². The molecule has 0 saturated carbocycles. The summed E-state index contributed by atoms with van der Waals surface area (Å²) in [5.74, 6) is -0.801. The van der Waals surface area contributed by atoms with Crippen LogP contribution in [0.2, 0.25) is 10.0 Å². The first-order valence-corrected chi connectivity index (χ1v) is 6.96. The van der Waals surface area contributed by atoms with Crippen LogP contribution in [0.15, 0.2) is 42.5 Å². The lowest BCUT2D eigenvalue weighted by Gasteiger charge is -2.13. The normalized spacial score (nSPS) is 12.5. The first kappa shape index (κ1) is 17.2. The van der Waals surface area contributed by atoms with E-state index in [2.05, 4.69) is 0 Å². The van der Waals surface area contributed by atoms with Crippen molar-refractivity contribution in [1.82, 2.24) is 0 Å². The number of hydrogen-bond donors (Lipinski definition) is 1. The minimum absolute atomic E-state index is 0.0464. The summed E-state index contributed by atoms with van der Waals surface area (Å²) in [7, 11) is 0. The predicted octanol–water partition coefficient (Wildman–Crippen LogP) is 5.96. The number of allylic oxidation sites excluding steroid dienone is 1. The number of aliphatic hydroxyl groups is 1. The average Bonchev–Trinajstić information content (AvgIpc) is 2.49. The van der Waals surface area contributed by atoms with Gasteiger partial charge in [0.25, 0.3) is 0 Å². The lowest BCUT2D eigenvalue weighted by molar-refractivity contribution is -0.137. The van der Waals surface area contributed by atoms with Gasteiger partial charge in [-0.25, -0.2) is 0 Å². The van der Waals surface area contributed by atoms with Gasteiger partial charge in [-0.2, -0.15) is 18.4 Å². The van der Waals surface area contributed by atoms with E-state index in [1.54, 1.807) is 6.07 Å². The van der Waals surface area contributed by atoms with Crippen LogP contribution >= 0.6 is 23.2 Å². The van der Waals surface area contributed by atoms with E-state index in [9.17, 15) is 23.5 Å². The molecule has 2 nitrogen and oxygen atoms in total. The molecular weight excluding hydrogens is 350 g/mol. The van der Waals surface area contributed by atoms with Gasteiger partial charge < -0.3 is 5.11 Å². The monoisotopic (exact) mass is 357 g/mol. The topological polar surface area (TPSA) is 44.0 Å². The lowest BCUT2D eigenvalue weighted by atomic mass is 9.98. The van der Waals surface area contributed by atoms with E-state index in [0.717, 1.165) is 12.1 Å². The maximum absolute atomic E-state index is 13.1. The second kappa shape index (κ2) is 6.53. The highest BCUT2D eigenvalue weighted by atomic mass is 35.5. The van der Waals surface area contributed by atoms with E-state index < -0.39 is 23.1 Å². The van der Waals surface area contributed by atoms with Crippen molar-refractivity contribution in [3.05, 3.63) is 69.2 Å². The van der Waals surface area contributed by atoms with E-state index in [-0.39, 0.29) is 16.2 Å². The van der Waals surface area contributed by atoms with E-state index in [1.165, 1.54) is 30.3 Å². The van der Waals surface area contributed by atoms with Gasteiger partial charge in [0.05, 0.1) is 10.6 Å². The summed E-state index contributed by atoms with van der Waals surface area (Å²) in [6.45, 7) is 0. The van der Waals surface area contributed by atoms with Crippen LogP contribution in [-0.4, -0.2) is 5.11 Å². The molecule has 0 unspecified atom stereocenters. The van der Waals surface area contributed by atoms with Gasteiger partial charge in [0.2, 0.25) is 0 Å². The summed E-state index contributed by atoms with van der Waals surface area (Å²) in [6, 6.07) is 10.2. The average molecular weight is 358 g/mol. The lowest BCUT2D eigenvalue weighted by Crippen LogP contribution is -2.09. The zero-order chi connectivity index (χ0) is 17.2. The summed E-state index contributed by atoms with van der Waals surface area (Å²) in [5.41, 5.74) is -1.82. The maximum atomic E-state index is 13.1. The standard InChI is InChI=1S/C16H8Cl2F3NO/c17-9-5-6-10(14(18)7-9)12(8-22)15(23)11-3-1-2-4-13(11)16(19,20)21/h1-7,23H. The second-order valence-corrected chi connectivity index (χ2v) is 5.35. The van der Waals surface area contributed by atoms with Crippen LogP contribution in [0.1, 0.15) is 16.7 Å². The molecular formula is C16H8Cl2F3NO. The van der Waals surface area contributed by atoms with Crippen molar-refractivity contribution in [2.24, 2.45) is 0 Å². The molecule has 0 atom stereocenters. The number of halogens is 5. The Morgan fingerprint density at radius 2 is 1.70 bits per heavy atom. The molecule has 0 aliphatic carbocycles. The van der Waals surface area contributed by atoms with Crippen molar-refractivity contribution in [1.29, 1.82) is 5.26 Å². The third-order valence-corrected chi connectivity index (χ3v) is 3.58. The minimum Gasteiger partial charge on any atom is -0.506 e. The van der Waals surface area contributed by atoms with Crippen LogP contribution in [0.5, 0.6) is 0 Å². The number of nitrogens with zero attached hydrogens (tertiary/aromatic N) is 1. The van der Waals surface area contributed by atoms with Gasteiger partial charge in [-0.1, -0.05) is 47.5 Å². The fourth-order valence-electron chi connectivity index (χ4n) is 2.00. The predicted molar refractivity (Wildman–Crippen MR) is 83.0 cm³/mol. The first-order chi connectivity index (χ1) is 10.8. The van der Waals surface area contributed by atoms with Gasteiger partial charge in [-0.3, -0.25) is 0 Å². The molecule has 0 aliphatic heterocycles. The Labute approximate surface area is 140 Å². The van der Waals surface area contributed by atoms with Crippen molar-refractivity contribution in [2.45, 2.75) is 6.18 Å². The number of alkyl halides is 3. The van der Waals surface area contributed by atoms with Gasteiger partial charge in [-0.05, 0) is 18.2 Å². The van der Waals surface area contributed by atoms with Crippen molar-refractivity contribution < 1.29 is 18.3 Å². The smallest absolute Gasteiger partial charge is 0.417 e. The fourth-order valence-corrected chi connectivity index (χ4v) is 2.51. The Kier molecular flexibility index (Phi) is 4.88. The molecule has 0 spiro atoms. The molecule has 7 heteroatoms. The third-order valence-electron chi connectivity index (χ3n) is 3.04. The van der Waals surface area contributed by atoms with E-state index in [4.69, 9.17) is 23.2 Å². The largest absolute Gasteiger partial charge is 0.506 e. The highest BCUT2D eigenvalue weighted by Gasteiger charge is 2.34. The Morgan fingerprint density at radius 3 is 2.26 bits per heavy atom. The Hall–Kier alpha value is -2.16. The molecule has 0 amide bonds. The molecule has 0 bridgehead atoms. The molecule has 2 aromatic carbocycles. The number of rotatable bonds is 2. The zero-order valence-corrected chi connectivity index (χ0v) is 12.8. The van der Waals surface area contributed by atoms with E-state index in [1.807, 2.05) is 0 Å². The summed E-state index contributed by atoms with van der Waals surface area (Å²) < 4.78 is 39.2. The maximum Gasteiger partial charge on any atom is 0.417 e. The quantitative estimate of drug-likeness (QED) is 0.409. The zero-order valence-electron chi connectivity index (χ0n) is 11.3. The highest BCUT2D eigenvalue weighted by molar-refractivity contribution is 6.36. The van der Waals surface area contributed by atoms with Crippen LogP contribution in [-0.2, 0) is 6.18 Å². The van der Waals surface area contributed by atoms with E-state index >= 15 is 0 Å². The summed E-state index contributed by atoms with van der Waals surface area (Å²) in [5, 5.41) is 19.8. The van der Waals surface area contributed by atoms with Crippen LogP contribution in [0.25, 0.3) is 11.3 Å². The Morgan fingerprint density at radius 1 is 1.04 bits per heavy atom. The van der Waals surface area contributed by atoms with Crippen molar-refractivity contribution in [3.63, 3.8) is 0 Å². The van der Waals surface area contributed by atoms with Crippen molar-refractivity contribution in [3.8, 4) is 6.07 Å². The Bertz CT molecular complexity index is 823. The molecule has 2 rings (SSSR count). The number of benzene rings is 2. The number of aliphatic hydroxyl groups excluding tert-OH is 1. The minimum atomic E-state index is -4.67. The second-order valence-electron chi connectivity index (χ2n) is 4.50. The van der Waals surface area contributed by atoms with Crippen LogP contribution < -0.4 is 0 Å². The molecule has 0 heterocycles. The molecule has 2 aromatic rings. The number of hydrogen-bond acceptors (Lipinski definition) is 2.